The zero-order chi connectivity index (χ0) is 17.9. The highest BCUT2D eigenvalue weighted by molar-refractivity contribution is 7.88. The molecule has 0 aromatic heterocycles. The Hall–Kier alpha value is -0.660. The number of likely N-dealkylation sites (tertiary alicyclic amines) is 2. The number of sulfonamides is 1. The van der Waals surface area contributed by atoms with Gasteiger partial charge in [0.05, 0.1) is 11.7 Å². The summed E-state index contributed by atoms with van der Waals surface area (Å²) in [5.74, 6) is 1.08. The van der Waals surface area contributed by atoms with Crippen LogP contribution in [0.25, 0.3) is 0 Å². The number of fused-ring (bicyclic) bond motifs is 1. The van der Waals surface area contributed by atoms with Gasteiger partial charge < -0.3 is 9.80 Å². The van der Waals surface area contributed by atoms with E-state index in [1.165, 1.54) is 25.6 Å². The van der Waals surface area contributed by atoms with E-state index in [0.29, 0.717) is 13.1 Å². The molecule has 7 heteroatoms. The van der Waals surface area contributed by atoms with Gasteiger partial charge in [0.25, 0.3) is 0 Å². The Kier molecular flexibility index (Phi) is 4.20. The van der Waals surface area contributed by atoms with Crippen LogP contribution in [0.3, 0.4) is 0 Å². The fourth-order valence-corrected chi connectivity index (χ4v) is 6.43. The first-order valence-electron chi connectivity index (χ1n) is 9.77. The second-order valence-corrected chi connectivity index (χ2v) is 10.8. The molecule has 4 fully saturated rings. The molecule has 3 heterocycles. The summed E-state index contributed by atoms with van der Waals surface area (Å²) in [5, 5.41) is 0. The van der Waals surface area contributed by atoms with Gasteiger partial charge in [-0.25, -0.2) is 12.7 Å². The third-order valence-corrected chi connectivity index (χ3v) is 8.52. The number of rotatable bonds is 4. The summed E-state index contributed by atoms with van der Waals surface area (Å²) < 4.78 is 26.1. The minimum absolute atomic E-state index is 0.170. The molecule has 1 amide bonds. The van der Waals surface area contributed by atoms with Gasteiger partial charge in [-0.1, -0.05) is 0 Å². The lowest BCUT2D eigenvalue weighted by Crippen LogP contribution is -2.53. The Labute approximate surface area is 151 Å². The van der Waals surface area contributed by atoms with E-state index in [1.54, 1.807) is 4.31 Å². The van der Waals surface area contributed by atoms with Crippen LogP contribution < -0.4 is 0 Å². The molecule has 0 unspecified atom stereocenters. The van der Waals surface area contributed by atoms with Crippen molar-refractivity contribution in [1.82, 2.24) is 14.1 Å². The second kappa shape index (κ2) is 5.92. The molecule has 2 spiro atoms. The van der Waals surface area contributed by atoms with Gasteiger partial charge >= 0.3 is 0 Å². The van der Waals surface area contributed by atoms with Crippen LogP contribution in [0.1, 0.15) is 39.0 Å². The number of amides is 1. The Balaban J connectivity index is 1.60. The van der Waals surface area contributed by atoms with Crippen molar-refractivity contribution in [3.05, 3.63) is 0 Å². The number of nitrogens with zero attached hydrogens (tertiary/aromatic N) is 3. The van der Waals surface area contributed by atoms with Crippen LogP contribution in [0.15, 0.2) is 0 Å². The van der Waals surface area contributed by atoms with Gasteiger partial charge in [-0.15, -0.1) is 0 Å². The number of carbonyl (C=O) groups is 1. The van der Waals surface area contributed by atoms with E-state index in [2.05, 4.69) is 4.90 Å². The summed E-state index contributed by atoms with van der Waals surface area (Å²) in [5.41, 5.74) is -0.658. The Bertz CT molecular complexity index is 652. The molecule has 142 valence electrons. The van der Waals surface area contributed by atoms with Gasteiger partial charge in [0.2, 0.25) is 15.9 Å². The summed E-state index contributed by atoms with van der Waals surface area (Å²) >= 11 is 0. The molecular formula is C18H31N3O3S. The highest BCUT2D eigenvalue weighted by Crippen LogP contribution is 2.58. The molecule has 4 aliphatic rings. The van der Waals surface area contributed by atoms with Crippen molar-refractivity contribution in [3.8, 4) is 0 Å². The van der Waals surface area contributed by atoms with E-state index in [0.717, 1.165) is 51.4 Å². The van der Waals surface area contributed by atoms with Crippen LogP contribution in [0.4, 0.5) is 0 Å². The second-order valence-electron chi connectivity index (χ2n) is 8.77. The zero-order valence-electron chi connectivity index (χ0n) is 15.5. The molecule has 6 nitrogen and oxygen atoms in total. The molecule has 0 aromatic rings. The quantitative estimate of drug-likeness (QED) is 0.742. The van der Waals surface area contributed by atoms with Crippen LogP contribution >= 0.6 is 0 Å². The lowest BCUT2D eigenvalue weighted by Gasteiger charge is -2.47. The summed E-state index contributed by atoms with van der Waals surface area (Å²) in [7, 11) is -3.26. The van der Waals surface area contributed by atoms with Gasteiger partial charge in [0.1, 0.15) is 0 Å². The van der Waals surface area contributed by atoms with Crippen LogP contribution in [0.2, 0.25) is 0 Å². The third-order valence-electron chi connectivity index (χ3n) is 7.32. The van der Waals surface area contributed by atoms with E-state index in [4.69, 9.17) is 0 Å². The van der Waals surface area contributed by atoms with Crippen LogP contribution in [0.5, 0.6) is 0 Å². The highest BCUT2D eigenvalue weighted by atomic mass is 32.2. The molecule has 3 aliphatic heterocycles. The zero-order valence-corrected chi connectivity index (χ0v) is 16.4. The summed E-state index contributed by atoms with van der Waals surface area (Å²) in [4.78, 5) is 17.7. The standard InChI is InChI=1S/C18H31N3O3S/c1-3-20-11-8-18(16(20)22)14-21(25(2,23)24)13-17(18)6-9-19(10-7-17)12-15-4-5-15/h15H,3-14H2,1-2H3/t18-/m0/s1. The maximum atomic E-state index is 13.3. The molecule has 0 radical (unpaired) electrons. The average molecular weight is 370 g/mol. The number of carbonyl (C=O) groups excluding carboxylic acids is 1. The Morgan fingerprint density at radius 1 is 1.08 bits per heavy atom. The predicted molar refractivity (Wildman–Crippen MR) is 96.6 cm³/mol. The van der Waals surface area contributed by atoms with E-state index in [9.17, 15) is 13.2 Å². The molecule has 1 aliphatic carbocycles. The minimum atomic E-state index is -3.26. The van der Waals surface area contributed by atoms with Gasteiger partial charge in [-0.2, -0.15) is 0 Å². The number of hydrogen-bond donors (Lipinski definition) is 0. The van der Waals surface area contributed by atoms with Gasteiger partial charge in [0, 0.05) is 38.1 Å². The molecule has 1 saturated carbocycles. The van der Waals surface area contributed by atoms with Gasteiger partial charge in [-0.05, 0) is 58.0 Å². The first kappa shape index (κ1) is 17.7. The van der Waals surface area contributed by atoms with Crippen molar-refractivity contribution in [3.63, 3.8) is 0 Å². The number of hydrogen-bond acceptors (Lipinski definition) is 4. The largest absolute Gasteiger partial charge is 0.342 e. The van der Waals surface area contributed by atoms with Crippen molar-refractivity contribution >= 4 is 15.9 Å². The normalized spacial score (nSPS) is 33.8. The van der Waals surface area contributed by atoms with Crippen molar-refractivity contribution in [2.45, 2.75) is 39.0 Å². The van der Waals surface area contributed by atoms with Crippen LogP contribution in [-0.2, 0) is 14.8 Å². The molecule has 25 heavy (non-hydrogen) atoms. The number of piperidine rings is 1. The fraction of sp³-hybridized carbons (Fsp3) is 0.944. The van der Waals surface area contributed by atoms with E-state index in [1.807, 2.05) is 11.8 Å². The molecule has 0 aromatic carbocycles. The maximum Gasteiger partial charge on any atom is 0.230 e. The Morgan fingerprint density at radius 3 is 2.28 bits per heavy atom. The maximum absolute atomic E-state index is 13.3. The van der Waals surface area contributed by atoms with Gasteiger partial charge in [0.15, 0.2) is 0 Å². The van der Waals surface area contributed by atoms with E-state index in [-0.39, 0.29) is 11.3 Å². The van der Waals surface area contributed by atoms with Crippen molar-refractivity contribution < 1.29 is 13.2 Å². The minimum Gasteiger partial charge on any atom is -0.342 e. The van der Waals surface area contributed by atoms with Gasteiger partial charge in [-0.3, -0.25) is 4.79 Å². The molecular weight excluding hydrogens is 338 g/mol. The van der Waals surface area contributed by atoms with Crippen LogP contribution in [-0.4, -0.2) is 80.5 Å². The summed E-state index contributed by atoms with van der Waals surface area (Å²) in [6.07, 6.45) is 6.73. The van der Waals surface area contributed by atoms with E-state index >= 15 is 0 Å². The molecule has 0 bridgehead atoms. The lowest BCUT2D eigenvalue weighted by atomic mass is 9.60. The monoisotopic (exact) mass is 369 g/mol. The van der Waals surface area contributed by atoms with Crippen molar-refractivity contribution in [2.75, 3.05) is 52.1 Å². The summed E-state index contributed by atoms with van der Waals surface area (Å²) in [6.45, 7) is 7.66. The van der Waals surface area contributed by atoms with Crippen LogP contribution in [0, 0.1) is 16.7 Å². The molecule has 1 atom stereocenters. The summed E-state index contributed by atoms with van der Waals surface area (Å²) in [6, 6.07) is 0. The van der Waals surface area contributed by atoms with Crippen molar-refractivity contribution in [1.29, 1.82) is 0 Å². The average Bonchev–Trinajstić information content (AvgIpc) is 3.24. The van der Waals surface area contributed by atoms with E-state index < -0.39 is 15.4 Å². The van der Waals surface area contributed by atoms with Crippen molar-refractivity contribution in [2.24, 2.45) is 16.7 Å². The molecule has 4 rings (SSSR count). The fourth-order valence-electron chi connectivity index (χ4n) is 5.49. The predicted octanol–water partition coefficient (Wildman–Crippen LogP) is 0.992. The topological polar surface area (TPSA) is 60.9 Å². The molecule has 0 N–H and O–H groups in total. The molecule has 3 saturated heterocycles. The highest BCUT2D eigenvalue weighted by Gasteiger charge is 2.66. The smallest absolute Gasteiger partial charge is 0.230 e. The Morgan fingerprint density at radius 2 is 1.76 bits per heavy atom. The third kappa shape index (κ3) is 2.82. The first-order chi connectivity index (χ1) is 11.8. The lowest BCUT2D eigenvalue weighted by molar-refractivity contribution is -0.142. The first-order valence-corrected chi connectivity index (χ1v) is 11.6. The SMILES string of the molecule is CCN1CC[C@]2(CN(S(C)(=O)=O)CC23CCN(CC2CC2)CC3)C1=O.